The molecule has 0 aliphatic rings. The van der Waals surface area contributed by atoms with Crippen LogP contribution in [-0.4, -0.2) is 31.2 Å². The summed E-state index contributed by atoms with van der Waals surface area (Å²) in [5.41, 5.74) is -0.119. The molecule has 1 aromatic heterocycles. The van der Waals surface area contributed by atoms with Gasteiger partial charge in [0.05, 0.1) is 6.61 Å². The first-order valence-electron chi connectivity index (χ1n) is 3.62. The molecule has 0 aliphatic carbocycles. The lowest BCUT2D eigenvalue weighted by atomic mass is 10.4. The molecule has 0 radical (unpaired) electrons. The molecule has 0 amide bonds. The minimum Gasteiger partial charge on any atom is -0.461 e. The average Bonchev–Trinajstić information content (AvgIpc) is 2.51. The number of hydrogen-bond donors (Lipinski definition) is 1. The number of aromatic amines is 1. The van der Waals surface area contributed by atoms with Crippen LogP contribution in [0, 0.1) is 0 Å². The second-order valence-electron chi connectivity index (χ2n) is 2.28. The maximum absolute atomic E-state index is 11.0. The minimum atomic E-state index is -3.88. The number of esters is 1. The van der Waals surface area contributed by atoms with Crippen LogP contribution in [0.15, 0.2) is 11.1 Å². The van der Waals surface area contributed by atoms with E-state index in [1.807, 2.05) is 0 Å². The number of hydrogen-bond acceptors (Lipinski definition) is 5. The number of carbonyl (C=O) groups is 1. The van der Waals surface area contributed by atoms with Crippen molar-refractivity contribution in [3.8, 4) is 0 Å². The fraction of sp³-hybridized carbons (Fsp3) is 0.333. The van der Waals surface area contributed by atoms with Crippen LogP contribution in [0.1, 0.15) is 17.4 Å². The molecule has 0 aliphatic heterocycles. The van der Waals surface area contributed by atoms with Crippen molar-refractivity contribution in [2.45, 2.75) is 11.9 Å². The van der Waals surface area contributed by atoms with Crippen LogP contribution in [0.2, 0.25) is 0 Å². The van der Waals surface area contributed by atoms with E-state index in [4.69, 9.17) is 10.7 Å². The molecule has 0 saturated carbocycles. The summed E-state index contributed by atoms with van der Waals surface area (Å²) >= 11 is 0. The van der Waals surface area contributed by atoms with Crippen molar-refractivity contribution in [2.75, 3.05) is 6.61 Å². The van der Waals surface area contributed by atoms with Crippen molar-refractivity contribution in [3.05, 3.63) is 11.8 Å². The first-order chi connectivity index (χ1) is 6.45. The van der Waals surface area contributed by atoms with Gasteiger partial charge in [-0.15, -0.1) is 0 Å². The average molecular weight is 239 g/mol. The molecule has 6 nitrogen and oxygen atoms in total. The van der Waals surface area contributed by atoms with Crippen LogP contribution >= 0.6 is 10.7 Å². The summed E-state index contributed by atoms with van der Waals surface area (Å²) in [6.07, 6.45) is 0. The molecule has 78 valence electrons. The Labute approximate surface area is 84.6 Å². The van der Waals surface area contributed by atoms with E-state index in [0.717, 1.165) is 6.07 Å². The Balaban J connectivity index is 2.94. The fourth-order valence-electron chi connectivity index (χ4n) is 0.739. The third kappa shape index (κ3) is 2.46. The normalized spacial score (nSPS) is 11.3. The van der Waals surface area contributed by atoms with E-state index in [1.54, 1.807) is 6.92 Å². The van der Waals surface area contributed by atoms with E-state index in [-0.39, 0.29) is 17.3 Å². The summed E-state index contributed by atoms with van der Waals surface area (Å²) in [5.74, 6) is -0.699. The van der Waals surface area contributed by atoms with Gasteiger partial charge in [-0.25, -0.2) is 13.2 Å². The van der Waals surface area contributed by atoms with E-state index in [9.17, 15) is 13.2 Å². The van der Waals surface area contributed by atoms with Crippen molar-refractivity contribution in [3.63, 3.8) is 0 Å². The topological polar surface area (TPSA) is 89.1 Å². The van der Waals surface area contributed by atoms with Gasteiger partial charge in [0.25, 0.3) is 9.05 Å². The highest BCUT2D eigenvalue weighted by Crippen LogP contribution is 2.12. The highest BCUT2D eigenvalue weighted by molar-refractivity contribution is 8.13. The number of carbonyl (C=O) groups excluding carboxylic acids is 1. The summed E-state index contributed by atoms with van der Waals surface area (Å²) in [7, 11) is 1.12. The van der Waals surface area contributed by atoms with Crippen molar-refractivity contribution in [2.24, 2.45) is 0 Å². The lowest BCUT2D eigenvalue weighted by molar-refractivity contribution is 0.0519. The van der Waals surface area contributed by atoms with E-state index < -0.39 is 15.0 Å². The van der Waals surface area contributed by atoms with E-state index in [0.29, 0.717) is 0 Å². The molecule has 0 atom stereocenters. The molecule has 1 aromatic rings. The fourth-order valence-corrected chi connectivity index (χ4v) is 1.38. The van der Waals surface area contributed by atoms with E-state index >= 15 is 0 Å². The number of H-pyrrole nitrogens is 1. The lowest BCUT2D eigenvalue weighted by Crippen LogP contribution is -2.04. The van der Waals surface area contributed by atoms with Gasteiger partial charge in [-0.3, -0.25) is 5.10 Å². The summed E-state index contributed by atoms with van der Waals surface area (Å²) in [6.45, 7) is 1.82. The maximum atomic E-state index is 11.0. The summed E-state index contributed by atoms with van der Waals surface area (Å²) in [5, 5.41) is 5.22. The van der Waals surface area contributed by atoms with Crippen LogP contribution in [0.4, 0.5) is 0 Å². The number of nitrogens with one attached hydrogen (secondary N) is 1. The summed E-state index contributed by atoms with van der Waals surface area (Å²) in [4.78, 5) is 11.0. The first-order valence-corrected chi connectivity index (χ1v) is 5.93. The highest BCUT2D eigenvalue weighted by Gasteiger charge is 2.17. The zero-order chi connectivity index (χ0) is 10.8. The van der Waals surface area contributed by atoms with Crippen molar-refractivity contribution in [1.29, 1.82) is 0 Å². The number of ether oxygens (including phenoxy) is 1. The molecule has 0 aromatic carbocycles. The predicted molar refractivity (Wildman–Crippen MR) is 47.6 cm³/mol. The van der Waals surface area contributed by atoms with Gasteiger partial charge in [0.15, 0.2) is 10.7 Å². The third-order valence-electron chi connectivity index (χ3n) is 1.30. The molecule has 14 heavy (non-hydrogen) atoms. The molecule has 0 bridgehead atoms. The van der Waals surface area contributed by atoms with Crippen LogP contribution < -0.4 is 0 Å². The molecule has 0 spiro atoms. The second kappa shape index (κ2) is 3.97. The number of nitrogens with zero attached hydrogens (tertiary/aromatic N) is 1. The molecule has 1 rings (SSSR count). The Morgan fingerprint density at radius 2 is 2.36 bits per heavy atom. The van der Waals surface area contributed by atoms with Crippen molar-refractivity contribution in [1.82, 2.24) is 10.2 Å². The van der Waals surface area contributed by atoms with Crippen LogP contribution in [0.25, 0.3) is 0 Å². The van der Waals surface area contributed by atoms with Gasteiger partial charge in [-0.05, 0) is 6.92 Å². The predicted octanol–water partition coefficient (Wildman–Crippen LogP) is 0.514. The Bertz CT molecular complexity index is 438. The lowest BCUT2D eigenvalue weighted by Gasteiger charge is -1.94. The van der Waals surface area contributed by atoms with Gasteiger partial charge >= 0.3 is 5.97 Å². The Morgan fingerprint density at radius 3 is 2.79 bits per heavy atom. The molecule has 0 fully saturated rings. The molecule has 1 N–H and O–H groups in total. The number of aromatic nitrogens is 2. The van der Waals surface area contributed by atoms with Gasteiger partial charge < -0.3 is 4.74 Å². The molecule has 8 heteroatoms. The van der Waals surface area contributed by atoms with Crippen molar-refractivity contribution >= 4 is 25.7 Å². The number of rotatable bonds is 3. The zero-order valence-electron chi connectivity index (χ0n) is 7.15. The van der Waals surface area contributed by atoms with Crippen molar-refractivity contribution < 1.29 is 17.9 Å². The van der Waals surface area contributed by atoms with Gasteiger partial charge in [-0.2, -0.15) is 5.10 Å². The van der Waals surface area contributed by atoms with Gasteiger partial charge in [0.2, 0.25) is 0 Å². The molecular formula is C6H7ClN2O4S. The maximum Gasteiger partial charge on any atom is 0.358 e. The van der Waals surface area contributed by atoms with Crippen LogP contribution in [0.3, 0.4) is 0 Å². The molecule has 0 unspecified atom stereocenters. The van der Waals surface area contributed by atoms with Gasteiger partial charge in [0, 0.05) is 16.7 Å². The smallest absolute Gasteiger partial charge is 0.358 e. The summed E-state index contributed by atoms with van der Waals surface area (Å²) in [6, 6.07) is 1.01. The molecule has 0 saturated heterocycles. The standard InChI is InChI=1S/C6H7ClN2O4S/c1-2-13-6(10)4-3-5(9-8-4)14(7,11)12/h3H,2H2,1H3,(H,8,9). The Kier molecular flexibility index (Phi) is 3.12. The van der Waals surface area contributed by atoms with Gasteiger partial charge in [-0.1, -0.05) is 0 Å². The van der Waals surface area contributed by atoms with Crippen LogP contribution in [-0.2, 0) is 13.8 Å². The molecular weight excluding hydrogens is 232 g/mol. The van der Waals surface area contributed by atoms with E-state index in [2.05, 4.69) is 14.9 Å². The van der Waals surface area contributed by atoms with Crippen LogP contribution in [0.5, 0.6) is 0 Å². The second-order valence-corrected chi connectivity index (χ2v) is 4.81. The Morgan fingerprint density at radius 1 is 1.71 bits per heavy atom. The highest BCUT2D eigenvalue weighted by atomic mass is 35.7. The molecule has 1 heterocycles. The minimum absolute atomic E-state index is 0.119. The van der Waals surface area contributed by atoms with E-state index in [1.165, 1.54) is 0 Å². The quantitative estimate of drug-likeness (QED) is 0.612. The number of halogens is 1. The van der Waals surface area contributed by atoms with Gasteiger partial charge in [0.1, 0.15) is 0 Å². The zero-order valence-corrected chi connectivity index (χ0v) is 8.72. The largest absolute Gasteiger partial charge is 0.461 e. The summed E-state index contributed by atoms with van der Waals surface area (Å²) < 4.78 is 26.1. The SMILES string of the molecule is CCOC(=O)c1cc(S(=O)(=O)Cl)[nH]n1. The monoisotopic (exact) mass is 238 g/mol. The third-order valence-corrected chi connectivity index (χ3v) is 2.53. The first kappa shape index (κ1) is 11.0. The Hall–Kier alpha value is -1.08.